The molecule has 3 rings (SSSR count). The standard InChI is InChI=1S/C21H22FN3O3S/c1-13-8-9-17(15(22)10-13)25-12-14(11-19(25)26)20(27)23-16-6-4-5-7-18(16)29-21(28)24(2)3/h4-10,14H,11-12H2,1-3H3,(H,23,27). The minimum absolute atomic E-state index is 0.00505. The number of nitrogens with zero attached hydrogens (tertiary/aromatic N) is 2. The van der Waals surface area contributed by atoms with Gasteiger partial charge in [-0.15, -0.1) is 0 Å². The van der Waals surface area contributed by atoms with Crippen LogP contribution in [-0.4, -0.2) is 42.6 Å². The Morgan fingerprint density at radius 2 is 1.93 bits per heavy atom. The molecule has 0 spiro atoms. The van der Waals surface area contributed by atoms with Crippen molar-refractivity contribution < 1.29 is 18.8 Å². The lowest BCUT2D eigenvalue weighted by atomic mass is 10.1. The van der Waals surface area contributed by atoms with Gasteiger partial charge >= 0.3 is 0 Å². The third-order valence-electron chi connectivity index (χ3n) is 4.60. The van der Waals surface area contributed by atoms with Gasteiger partial charge in [-0.05, 0) is 48.5 Å². The van der Waals surface area contributed by atoms with Gasteiger partial charge in [-0.3, -0.25) is 14.4 Å². The summed E-state index contributed by atoms with van der Waals surface area (Å²) in [5.41, 5.74) is 1.45. The van der Waals surface area contributed by atoms with Gasteiger partial charge < -0.3 is 15.1 Å². The van der Waals surface area contributed by atoms with E-state index in [1.807, 2.05) is 0 Å². The first-order valence-electron chi connectivity index (χ1n) is 9.12. The van der Waals surface area contributed by atoms with Gasteiger partial charge in [0.2, 0.25) is 11.8 Å². The Morgan fingerprint density at radius 3 is 2.62 bits per heavy atom. The Hall–Kier alpha value is -2.87. The summed E-state index contributed by atoms with van der Waals surface area (Å²) in [6.07, 6.45) is 0.00505. The second-order valence-electron chi connectivity index (χ2n) is 7.11. The van der Waals surface area contributed by atoms with Crippen LogP contribution in [0.2, 0.25) is 0 Å². The van der Waals surface area contributed by atoms with Gasteiger partial charge in [0, 0.05) is 32.0 Å². The number of thioether (sulfide) groups is 1. The summed E-state index contributed by atoms with van der Waals surface area (Å²) in [6, 6.07) is 11.6. The van der Waals surface area contributed by atoms with Crippen LogP contribution < -0.4 is 10.2 Å². The van der Waals surface area contributed by atoms with Crippen LogP contribution in [0.25, 0.3) is 0 Å². The molecule has 0 bridgehead atoms. The number of carbonyl (C=O) groups is 3. The minimum atomic E-state index is -0.606. The highest BCUT2D eigenvalue weighted by Gasteiger charge is 2.36. The van der Waals surface area contributed by atoms with E-state index in [1.54, 1.807) is 57.4 Å². The third-order valence-corrected chi connectivity index (χ3v) is 5.71. The van der Waals surface area contributed by atoms with E-state index in [0.717, 1.165) is 17.3 Å². The average molecular weight is 415 g/mol. The van der Waals surface area contributed by atoms with Gasteiger partial charge in [-0.1, -0.05) is 18.2 Å². The maximum absolute atomic E-state index is 14.3. The van der Waals surface area contributed by atoms with Crippen LogP contribution in [0.5, 0.6) is 0 Å². The second kappa shape index (κ2) is 8.65. The molecule has 2 aromatic rings. The van der Waals surface area contributed by atoms with Crippen LogP contribution in [0.15, 0.2) is 47.4 Å². The quantitative estimate of drug-likeness (QED) is 0.769. The maximum atomic E-state index is 14.3. The molecule has 2 aromatic carbocycles. The predicted octanol–water partition coefficient (Wildman–Crippen LogP) is 3.90. The van der Waals surface area contributed by atoms with Crippen molar-refractivity contribution in [3.8, 4) is 0 Å². The van der Waals surface area contributed by atoms with Gasteiger partial charge in [0.05, 0.1) is 17.3 Å². The molecule has 1 N–H and O–H groups in total. The lowest BCUT2D eigenvalue weighted by Crippen LogP contribution is -2.29. The number of hydrogen-bond donors (Lipinski definition) is 1. The van der Waals surface area contributed by atoms with Crippen molar-refractivity contribution in [2.45, 2.75) is 18.2 Å². The first kappa shape index (κ1) is 20.9. The van der Waals surface area contributed by atoms with Crippen LogP contribution >= 0.6 is 11.8 Å². The van der Waals surface area contributed by atoms with Crippen molar-refractivity contribution in [2.75, 3.05) is 30.9 Å². The Labute approximate surface area is 173 Å². The fourth-order valence-corrected chi connectivity index (χ4v) is 3.77. The molecular formula is C21H22FN3O3S. The van der Waals surface area contributed by atoms with Crippen molar-refractivity contribution in [3.05, 3.63) is 53.8 Å². The number of amides is 3. The minimum Gasteiger partial charge on any atom is -0.339 e. The zero-order valence-corrected chi connectivity index (χ0v) is 17.3. The molecule has 0 radical (unpaired) electrons. The zero-order chi connectivity index (χ0) is 21.1. The number of aryl methyl sites for hydroxylation is 1. The molecule has 0 saturated carbocycles. The molecule has 6 nitrogen and oxygen atoms in total. The van der Waals surface area contributed by atoms with Crippen molar-refractivity contribution in [1.29, 1.82) is 0 Å². The predicted molar refractivity (Wildman–Crippen MR) is 112 cm³/mol. The fraction of sp³-hybridized carbons (Fsp3) is 0.286. The topological polar surface area (TPSA) is 69.7 Å². The smallest absolute Gasteiger partial charge is 0.286 e. The molecule has 1 unspecified atom stereocenters. The maximum Gasteiger partial charge on any atom is 0.286 e. The van der Waals surface area contributed by atoms with Crippen LogP contribution in [0.4, 0.5) is 20.6 Å². The Bertz CT molecular complexity index is 964. The molecule has 1 saturated heterocycles. The van der Waals surface area contributed by atoms with Crippen molar-refractivity contribution >= 4 is 40.2 Å². The largest absolute Gasteiger partial charge is 0.339 e. The fourth-order valence-electron chi connectivity index (χ4n) is 3.03. The lowest BCUT2D eigenvalue weighted by molar-refractivity contribution is -0.122. The van der Waals surface area contributed by atoms with E-state index >= 15 is 0 Å². The van der Waals surface area contributed by atoms with E-state index in [1.165, 1.54) is 15.9 Å². The highest BCUT2D eigenvalue weighted by molar-refractivity contribution is 8.13. The number of halogens is 1. The van der Waals surface area contributed by atoms with Gasteiger partial charge in [0.1, 0.15) is 5.82 Å². The number of benzene rings is 2. The number of para-hydroxylation sites is 1. The molecule has 29 heavy (non-hydrogen) atoms. The summed E-state index contributed by atoms with van der Waals surface area (Å²) in [7, 11) is 3.30. The average Bonchev–Trinajstić information content (AvgIpc) is 3.05. The summed E-state index contributed by atoms with van der Waals surface area (Å²) in [5.74, 6) is -1.72. The Balaban J connectivity index is 1.73. The van der Waals surface area contributed by atoms with E-state index in [-0.39, 0.29) is 35.7 Å². The van der Waals surface area contributed by atoms with Gasteiger partial charge in [-0.25, -0.2) is 4.39 Å². The summed E-state index contributed by atoms with van der Waals surface area (Å²) < 4.78 is 14.3. The first-order chi connectivity index (χ1) is 13.8. The molecule has 8 heteroatoms. The Morgan fingerprint density at radius 1 is 1.21 bits per heavy atom. The second-order valence-corrected chi connectivity index (χ2v) is 8.10. The van der Waals surface area contributed by atoms with Crippen molar-refractivity contribution in [3.63, 3.8) is 0 Å². The van der Waals surface area contributed by atoms with Crippen LogP contribution in [0, 0.1) is 18.7 Å². The number of anilines is 2. The molecule has 1 aliphatic heterocycles. The number of carbonyl (C=O) groups excluding carboxylic acids is 3. The van der Waals surface area contributed by atoms with E-state index in [0.29, 0.717) is 10.6 Å². The van der Waals surface area contributed by atoms with Crippen molar-refractivity contribution in [2.24, 2.45) is 5.92 Å². The molecule has 0 aliphatic carbocycles. The highest BCUT2D eigenvalue weighted by atomic mass is 32.2. The van der Waals surface area contributed by atoms with Crippen LogP contribution in [0.1, 0.15) is 12.0 Å². The molecular weight excluding hydrogens is 393 g/mol. The lowest BCUT2D eigenvalue weighted by Gasteiger charge is -2.18. The molecule has 3 amide bonds. The molecule has 1 fully saturated rings. The van der Waals surface area contributed by atoms with Crippen molar-refractivity contribution in [1.82, 2.24) is 4.90 Å². The summed E-state index contributed by atoms with van der Waals surface area (Å²) in [5, 5.41) is 2.65. The molecule has 1 heterocycles. The van der Waals surface area contributed by atoms with E-state index in [2.05, 4.69) is 5.32 Å². The van der Waals surface area contributed by atoms with E-state index in [9.17, 15) is 18.8 Å². The molecule has 152 valence electrons. The summed E-state index contributed by atoms with van der Waals surface area (Å²) in [4.78, 5) is 40.5. The molecule has 1 atom stereocenters. The number of rotatable bonds is 4. The monoisotopic (exact) mass is 415 g/mol. The van der Waals surface area contributed by atoms with E-state index in [4.69, 9.17) is 0 Å². The first-order valence-corrected chi connectivity index (χ1v) is 9.93. The van der Waals surface area contributed by atoms with Gasteiger partial charge in [0.25, 0.3) is 5.24 Å². The van der Waals surface area contributed by atoms with Crippen LogP contribution in [0.3, 0.4) is 0 Å². The van der Waals surface area contributed by atoms with E-state index < -0.39 is 11.7 Å². The summed E-state index contributed by atoms with van der Waals surface area (Å²) in [6.45, 7) is 1.88. The third kappa shape index (κ3) is 4.76. The SMILES string of the molecule is Cc1ccc(N2CC(C(=O)Nc3ccccc3SC(=O)N(C)C)CC2=O)c(F)c1. The normalized spacial score (nSPS) is 16.1. The highest BCUT2D eigenvalue weighted by Crippen LogP contribution is 2.31. The molecule has 1 aliphatic rings. The summed E-state index contributed by atoms with van der Waals surface area (Å²) >= 11 is 1.01. The molecule has 0 aromatic heterocycles. The van der Waals surface area contributed by atoms with Gasteiger partial charge in [-0.2, -0.15) is 0 Å². The number of nitrogens with one attached hydrogen (secondary N) is 1. The zero-order valence-electron chi connectivity index (χ0n) is 16.4. The van der Waals surface area contributed by atoms with Crippen LogP contribution in [-0.2, 0) is 9.59 Å². The van der Waals surface area contributed by atoms with Gasteiger partial charge in [0.15, 0.2) is 0 Å². The number of hydrogen-bond acceptors (Lipinski definition) is 4. The Kier molecular flexibility index (Phi) is 6.22.